The average molecular weight is 516 g/mol. The van der Waals surface area contributed by atoms with Crippen molar-refractivity contribution in [2.45, 2.75) is 46.7 Å². The highest BCUT2D eigenvalue weighted by Crippen LogP contribution is 2.28. The molecule has 1 aromatic carbocycles. The van der Waals surface area contributed by atoms with Crippen molar-refractivity contribution in [3.05, 3.63) is 35.9 Å². The summed E-state index contributed by atoms with van der Waals surface area (Å²) < 4.78 is 13.2. The largest absolute Gasteiger partial charge is 0.493 e. The van der Waals surface area contributed by atoms with E-state index < -0.39 is 0 Å². The minimum Gasteiger partial charge on any atom is -0.493 e. The summed E-state index contributed by atoms with van der Waals surface area (Å²) >= 11 is 0. The van der Waals surface area contributed by atoms with Crippen molar-refractivity contribution < 1.29 is 9.47 Å². The molecule has 0 spiro atoms. The standard InChI is InChI=1S/C20H32N6O2.HI/c1-5-12-28-17-9-8-16(13-18(17)27-4)14-23-20(21-7-3)22-10-11-26-15-24-25-19(26)6-2;/h8-9,13,15H,5-7,10-12,14H2,1-4H3,(H2,21,22,23);1H. The van der Waals surface area contributed by atoms with Crippen molar-refractivity contribution in [1.29, 1.82) is 0 Å². The lowest BCUT2D eigenvalue weighted by Gasteiger charge is -2.13. The summed E-state index contributed by atoms with van der Waals surface area (Å²) in [5.41, 5.74) is 1.06. The molecule has 0 aliphatic heterocycles. The van der Waals surface area contributed by atoms with Crippen LogP contribution in [0.2, 0.25) is 0 Å². The fourth-order valence-electron chi connectivity index (χ4n) is 2.69. The van der Waals surface area contributed by atoms with Crippen LogP contribution in [0.1, 0.15) is 38.6 Å². The minimum atomic E-state index is 0. The van der Waals surface area contributed by atoms with Gasteiger partial charge in [-0.1, -0.05) is 19.9 Å². The van der Waals surface area contributed by atoms with E-state index in [2.05, 4.69) is 51.2 Å². The van der Waals surface area contributed by atoms with Crippen LogP contribution < -0.4 is 20.1 Å². The number of hydrogen-bond acceptors (Lipinski definition) is 5. The first-order valence-corrected chi connectivity index (χ1v) is 9.90. The van der Waals surface area contributed by atoms with Gasteiger partial charge in [-0.25, -0.2) is 4.99 Å². The quantitative estimate of drug-likeness (QED) is 0.272. The third kappa shape index (κ3) is 8.08. The van der Waals surface area contributed by atoms with Gasteiger partial charge in [0.1, 0.15) is 12.2 Å². The first kappa shape index (κ1) is 25.0. The van der Waals surface area contributed by atoms with Crippen LogP contribution >= 0.6 is 24.0 Å². The van der Waals surface area contributed by atoms with Crippen molar-refractivity contribution in [2.75, 3.05) is 26.8 Å². The zero-order valence-corrected chi connectivity index (χ0v) is 20.1. The monoisotopic (exact) mass is 516 g/mol. The Morgan fingerprint density at radius 1 is 1.17 bits per heavy atom. The lowest BCUT2D eigenvalue weighted by molar-refractivity contribution is 0.294. The second-order valence-corrected chi connectivity index (χ2v) is 6.25. The fourth-order valence-corrected chi connectivity index (χ4v) is 2.69. The van der Waals surface area contributed by atoms with Crippen molar-refractivity contribution in [2.24, 2.45) is 4.99 Å². The third-order valence-corrected chi connectivity index (χ3v) is 4.11. The first-order valence-electron chi connectivity index (χ1n) is 9.90. The lowest BCUT2D eigenvalue weighted by Crippen LogP contribution is -2.38. The molecule has 0 bridgehead atoms. The van der Waals surface area contributed by atoms with Crippen LogP contribution in [0, 0.1) is 0 Å². The summed E-state index contributed by atoms with van der Waals surface area (Å²) in [5.74, 6) is 3.27. The van der Waals surface area contributed by atoms with Gasteiger partial charge in [0, 0.05) is 26.1 Å². The molecule has 0 aliphatic carbocycles. The van der Waals surface area contributed by atoms with Gasteiger partial charge in [-0.2, -0.15) is 0 Å². The number of aliphatic imine (C=N–C) groups is 1. The molecule has 1 aromatic heterocycles. The molecule has 0 amide bonds. The Morgan fingerprint density at radius 2 is 2.00 bits per heavy atom. The Bertz CT molecular complexity index is 750. The predicted molar refractivity (Wildman–Crippen MR) is 126 cm³/mol. The van der Waals surface area contributed by atoms with Crippen molar-refractivity contribution in [1.82, 2.24) is 25.4 Å². The number of rotatable bonds is 11. The third-order valence-electron chi connectivity index (χ3n) is 4.11. The molecule has 9 heteroatoms. The number of benzene rings is 1. The van der Waals surface area contributed by atoms with Crippen LogP contribution in [0.5, 0.6) is 11.5 Å². The van der Waals surface area contributed by atoms with E-state index in [9.17, 15) is 0 Å². The van der Waals surface area contributed by atoms with E-state index in [-0.39, 0.29) is 24.0 Å². The van der Waals surface area contributed by atoms with Gasteiger partial charge in [0.05, 0.1) is 20.3 Å². The zero-order valence-electron chi connectivity index (χ0n) is 17.8. The van der Waals surface area contributed by atoms with E-state index >= 15 is 0 Å². The number of halogens is 1. The summed E-state index contributed by atoms with van der Waals surface area (Å²) in [6, 6.07) is 5.94. The molecular weight excluding hydrogens is 483 g/mol. The number of nitrogens with one attached hydrogen (secondary N) is 2. The number of ether oxygens (including phenoxy) is 2. The second kappa shape index (κ2) is 14.0. The van der Waals surface area contributed by atoms with Crippen molar-refractivity contribution in [3.8, 4) is 11.5 Å². The van der Waals surface area contributed by atoms with Gasteiger partial charge in [-0.15, -0.1) is 34.2 Å². The molecule has 29 heavy (non-hydrogen) atoms. The van der Waals surface area contributed by atoms with E-state index in [1.54, 1.807) is 13.4 Å². The maximum absolute atomic E-state index is 5.71. The fraction of sp³-hybridized carbons (Fsp3) is 0.550. The van der Waals surface area contributed by atoms with E-state index in [0.29, 0.717) is 13.2 Å². The highest BCUT2D eigenvalue weighted by molar-refractivity contribution is 14.0. The molecule has 0 saturated heterocycles. The molecule has 0 aliphatic rings. The summed E-state index contributed by atoms with van der Waals surface area (Å²) in [6.45, 7) is 9.76. The molecule has 162 valence electrons. The van der Waals surface area contributed by atoms with Gasteiger partial charge in [0.15, 0.2) is 17.5 Å². The number of hydrogen-bond donors (Lipinski definition) is 2. The summed E-state index contributed by atoms with van der Waals surface area (Å²) in [4.78, 5) is 4.67. The number of aryl methyl sites for hydroxylation is 1. The molecule has 8 nitrogen and oxygen atoms in total. The van der Waals surface area contributed by atoms with Crippen LogP contribution in [0.15, 0.2) is 29.5 Å². The molecule has 2 aromatic rings. The normalized spacial score (nSPS) is 11.0. The van der Waals surface area contributed by atoms with Crippen molar-refractivity contribution >= 4 is 29.9 Å². The van der Waals surface area contributed by atoms with Gasteiger partial charge in [-0.3, -0.25) is 0 Å². The summed E-state index contributed by atoms with van der Waals surface area (Å²) in [7, 11) is 1.66. The molecule has 2 rings (SSSR count). The highest BCUT2D eigenvalue weighted by atomic mass is 127. The number of methoxy groups -OCH3 is 1. The molecule has 1 heterocycles. The Balaban J connectivity index is 0.00000420. The molecule has 0 unspecified atom stereocenters. The Hall–Kier alpha value is -2.04. The topological polar surface area (TPSA) is 85.6 Å². The second-order valence-electron chi connectivity index (χ2n) is 6.25. The molecule has 0 radical (unpaired) electrons. The van der Waals surface area contributed by atoms with Gasteiger partial charge in [0.2, 0.25) is 0 Å². The van der Waals surface area contributed by atoms with E-state index in [1.165, 1.54) is 0 Å². The van der Waals surface area contributed by atoms with Crippen LogP contribution in [-0.2, 0) is 19.5 Å². The molecule has 0 saturated carbocycles. The van der Waals surface area contributed by atoms with Crippen LogP contribution in [0.25, 0.3) is 0 Å². The zero-order chi connectivity index (χ0) is 20.2. The number of guanidine groups is 1. The predicted octanol–water partition coefficient (Wildman–Crippen LogP) is 3.01. The Morgan fingerprint density at radius 3 is 2.69 bits per heavy atom. The SMILES string of the molecule is CCCOc1ccc(CN=C(NCC)NCCn2cnnc2CC)cc1OC.I. The lowest BCUT2D eigenvalue weighted by atomic mass is 10.2. The van der Waals surface area contributed by atoms with Gasteiger partial charge in [-0.05, 0) is 31.0 Å². The number of nitrogens with zero attached hydrogens (tertiary/aromatic N) is 4. The average Bonchev–Trinajstić information content (AvgIpc) is 3.18. The first-order chi connectivity index (χ1) is 13.7. The minimum absolute atomic E-state index is 0. The maximum Gasteiger partial charge on any atom is 0.191 e. The van der Waals surface area contributed by atoms with E-state index in [4.69, 9.17) is 9.47 Å². The molecular formula is C20H33IN6O2. The van der Waals surface area contributed by atoms with Crippen LogP contribution in [0.4, 0.5) is 0 Å². The molecule has 0 fully saturated rings. The maximum atomic E-state index is 5.71. The summed E-state index contributed by atoms with van der Waals surface area (Å²) in [6.07, 6.45) is 3.59. The van der Waals surface area contributed by atoms with Crippen LogP contribution in [0.3, 0.4) is 0 Å². The molecule has 2 N–H and O–H groups in total. The van der Waals surface area contributed by atoms with E-state index in [0.717, 1.165) is 61.3 Å². The Kier molecular flexibility index (Phi) is 12.1. The highest BCUT2D eigenvalue weighted by Gasteiger charge is 2.06. The van der Waals surface area contributed by atoms with E-state index in [1.807, 2.05) is 18.2 Å². The smallest absolute Gasteiger partial charge is 0.191 e. The van der Waals surface area contributed by atoms with Crippen molar-refractivity contribution in [3.63, 3.8) is 0 Å². The number of aromatic nitrogens is 3. The Labute approximate surface area is 190 Å². The van der Waals surface area contributed by atoms with Crippen LogP contribution in [-0.4, -0.2) is 47.5 Å². The van der Waals surface area contributed by atoms with Gasteiger partial charge < -0.3 is 24.7 Å². The van der Waals surface area contributed by atoms with Gasteiger partial charge in [0.25, 0.3) is 0 Å². The summed E-state index contributed by atoms with van der Waals surface area (Å²) in [5, 5.41) is 14.7. The molecule has 0 atom stereocenters. The van der Waals surface area contributed by atoms with Gasteiger partial charge >= 0.3 is 0 Å².